The molecule has 3 atom stereocenters. The molecule has 8 heteroatoms. The predicted octanol–water partition coefficient (Wildman–Crippen LogP) is 2.47. The Morgan fingerprint density at radius 1 is 1.22 bits per heavy atom. The number of nitrogens with one attached hydrogen (secondary N) is 4. The van der Waals surface area contributed by atoms with Crippen molar-refractivity contribution in [3.05, 3.63) is 30.0 Å². The zero-order valence-corrected chi connectivity index (χ0v) is 18.4. The van der Waals surface area contributed by atoms with E-state index >= 15 is 0 Å². The molecule has 1 aliphatic carbocycles. The van der Waals surface area contributed by atoms with E-state index in [2.05, 4.69) is 27.0 Å². The summed E-state index contributed by atoms with van der Waals surface area (Å²) < 4.78 is 5.37. The van der Waals surface area contributed by atoms with Crippen LogP contribution < -0.4 is 20.7 Å². The van der Waals surface area contributed by atoms with E-state index in [9.17, 15) is 14.9 Å². The van der Waals surface area contributed by atoms with Crippen molar-refractivity contribution in [1.82, 2.24) is 20.9 Å². The Balaban J connectivity index is 1.42. The SMILES string of the molecule is COc1cccc2[nH]c(C(=O)N[C@@H](CC3CC3)C(=O)N[C@@H](C#N)C[C@@H]3CCCNC3)cc12. The zero-order chi connectivity index (χ0) is 22.5. The van der Waals surface area contributed by atoms with Gasteiger partial charge in [0.05, 0.1) is 13.2 Å². The van der Waals surface area contributed by atoms with E-state index in [1.54, 1.807) is 13.2 Å². The summed E-state index contributed by atoms with van der Waals surface area (Å²) in [5.41, 5.74) is 1.17. The minimum atomic E-state index is -0.663. The number of hydrogen-bond donors (Lipinski definition) is 4. The van der Waals surface area contributed by atoms with Crippen molar-refractivity contribution in [3.63, 3.8) is 0 Å². The number of aromatic nitrogens is 1. The second-order valence-corrected chi connectivity index (χ2v) is 8.95. The normalized spacial score (nSPS) is 20.2. The molecule has 2 amide bonds. The van der Waals surface area contributed by atoms with Crippen molar-refractivity contribution < 1.29 is 14.3 Å². The number of ether oxygens (including phenoxy) is 1. The second-order valence-electron chi connectivity index (χ2n) is 8.95. The lowest BCUT2D eigenvalue weighted by Crippen LogP contribution is -2.50. The first-order chi connectivity index (χ1) is 15.6. The van der Waals surface area contributed by atoms with E-state index in [0.29, 0.717) is 36.1 Å². The summed E-state index contributed by atoms with van der Waals surface area (Å²) in [6.07, 6.45) is 5.50. The average molecular weight is 438 g/mol. The summed E-state index contributed by atoms with van der Waals surface area (Å²) in [6, 6.07) is 8.32. The third-order valence-corrected chi connectivity index (χ3v) is 6.42. The fourth-order valence-corrected chi connectivity index (χ4v) is 4.46. The van der Waals surface area contributed by atoms with E-state index in [4.69, 9.17) is 4.74 Å². The Kier molecular flexibility index (Phi) is 6.96. The molecule has 0 bridgehead atoms. The van der Waals surface area contributed by atoms with Crippen LogP contribution >= 0.6 is 0 Å². The molecule has 0 spiro atoms. The van der Waals surface area contributed by atoms with Crippen LogP contribution in [0, 0.1) is 23.2 Å². The van der Waals surface area contributed by atoms with Crippen LogP contribution in [0.25, 0.3) is 10.9 Å². The first kappa shape index (κ1) is 22.2. The Hall–Kier alpha value is -3.05. The first-order valence-corrected chi connectivity index (χ1v) is 11.4. The third-order valence-electron chi connectivity index (χ3n) is 6.42. The first-order valence-electron chi connectivity index (χ1n) is 11.4. The molecule has 1 aromatic carbocycles. The van der Waals surface area contributed by atoms with E-state index in [0.717, 1.165) is 49.7 Å². The van der Waals surface area contributed by atoms with E-state index in [-0.39, 0.29) is 11.8 Å². The van der Waals surface area contributed by atoms with Gasteiger partial charge < -0.3 is 25.7 Å². The van der Waals surface area contributed by atoms with Gasteiger partial charge in [0.15, 0.2) is 0 Å². The fourth-order valence-electron chi connectivity index (χ4n) is 4.46. The van der Waals surface area contributed by atoms with Crippen LogP contribution in [-0.2, 0) is 4.79 Å². The highest BCUT2D eigenvalue weighted by atomic mass is 16.5. The minimum absolute atomic E-state index is 0.283. The van der Waals surface area contributed by atoms with Crippen molar-refractivity contribution in [2.24, 2.45) is 11.8 Å². The van der Waals surface area contributed by atoms with Gasteiger partial charge in [0, 0.05) is 10.9 Å². The highest BCUT2D eigenvalue weighted by molar-refractivity contribution is 6.01. The maximum atomic E-state index is 13.0. The Bertz CT molecular complexity index is 1000. The number of fused-ring (bicyclic) bond motifs is 1. The average Bonchev–Trinajstić information content (AvgIpc) is 3.52. The molecule has 1 aromatic heterocycles. The number of carbonyl (C=O) groups is 2. The minimum Gasteiger partial charge on any atom is -0.496 e. The third kappa shape index (κ3) is 5.40. The number of carbonyl (C=O) groups excluding carboxylic acids is 2. The molecule has 2 fully saturated rings. The summed E-state index contributed by atoms with van der Waals surface area (Å²) >= 11 is 0. The number of amides is 2. The van der Waals surface area contributed by atoms with Gasteiger partial charge >= 0.3 is 0 Å². The molecule has 1 saturated heterocycles. The lowest BCUT2D eigenvalue weighted by Gasteiger charge is -2.26. The molecule has 1 saturated carbocycles. The van der Waals surface area contributed by atoms with Crippen molar-refractivity contribution >= 4 is 22.7 Å². The van der Waals surface area contributed by atoms with Gasteiger partial charge in [-0.3, -0.25) is 9.59 Å². The number of H-pyrrole nitrogens is 1. The van der Waals surface area contributed by atoms with Crippen molar-refractivity contribution in [2.75, 3.05) is 20.2 Å². The molecule has 170 valence electrons. The highest BCUT2D eigenvalue weighted by Gasteiger charge is 2.32. The molecule has 0 unspecified atom stereocenters. The molecule has 1 aliphatic heterocycles. The summed E-state index contributed by atoms with van der Waals surface area (Å²) in [5.74, 6) is 0.880. The Labute approximate surface area is 188 Å². The van der Waals surface area contributed by atoms with Gasteiger partial charge in [-0.2, -0.15) is 5.26 Å². The zero-order valence-electron chi connectivity index (χ0n) is 18.4. The van der Waals surface area contributed by atoms with E-state index < -0.39 is 12.1 Å². The number of benzene rings is 1. The summed E-state index contributed by atoms with van der Waals surface area (Å²) in [7, 11) is 1.59. The van der Waals surface area contributed by atoms with Gasteiger partial charge in [-0.25, -0.2) is 0 Å². The van der Waals surface area contributed by atoms with Crippen LogP contribution in [0.5, 0.6) is 5.75 Å². The van der Waals surface area contributed by atoms with Gasteiger partial charge in [-0.1, -0.05) is 18.9 Å². The Morgan fingerprint density at radius 3 is 2.75 bits per heavy atom. The number of rotatable bonds is 9. The maximum Gasteiger partial charge on any atom is 0.268 e. The molecule has 2 aromatic rings. The predicted molar refractivity (Wildman–Crippen MR) is 121 cm³/mol. The quantitative estimate of drug-likeness (QED) is 0.481. The van der Waals surface area contributed by atoms with Gasteiger partial charge in [-0.15, -0.1) is 0 Å². The van der Waals surface area contributed by atoms with Crippen LogP contribution in [0.3, 0.4) is 0 Å². The largest absolute Gasteiger partial charge is 0.496 e. The number of piperidine rings is 1. The maximum absolute atomic E-state index is 13.0. The van der Waals surface area contributed by atoms with Crippen LogP contribution in [0.4, 0.5) is 0 Å². The molecular formula is C24H31N5O3. The van der Waals surface area contributed by atoms with Crippen LogP contribution in [-0.4, -0.2) is 49.1 Å². The smallest absolute Gasteiger partial charge is 0.268 e. The molecule has 2 aliphatic rings. The number of hydrogen-bond acceptors (Lipinski definition) is 5. The van der Waals surface area contributed by atoms with Crippen LogP contribution in [0.15, 0.2) is 24.3 Å². The topological polar surface area (TPSA) is 119 Å². The fraction of sp³-hybridized carbons (Fsp3) is 0.542. The molecule has 4 rings (SSSR count). The number of aromatic amines is 1. The molecule has 0 radical (unpaired) electrons. The van der Waals surface area contributed by atoms with Crippen LogP contribution in [0.2, 0.25) is 0 Å². The van der Waals surface area contributed by atoms with Gasteiger partial charge in [0.2, 0.25) is 5.91 Å². The van der Waals surface area contributed by atoms with Crippen LogP contribution in [0.1, 0.15) is 49.0 Å². The Morgan fingerprint density at radius 2 is 2.06 bits per heavy atom. The highest BCUT2D eigenvalue weighted by Crippen LogP contribution is 2.34. The summed E-state index contributed by atoms with van der Waals surface area (Å²) in [6.45, 7) is 1.88. The molecule has 32 heavy (non-hydrogen) atoms. The van der Waals surface area contributed by atoms with E-state index in [1.165, 1.54) is 0 Å². The van der Waals surface area contributed by atoms with Crippen molar-refractivity contribution in [2.45, 2.75) is 50.6 Å². The lowest BCUT2D eigenvalue weighted by molar-refractivity contribution is -0.123. The number of methoxy groups -OCH3 is 1. The summed E-state index contributed by atoms with van der Waals surface area (Å²) in [5, 5.41) is 19.5. The van der Waals surface area contributed by atoms with Gasteiger partial charge in [-0.05, 0) is 68.8 Å². The van der Waals surface area contributed by atoms with E-state index in [1.807, 2.05) is 18.2 Å². The molecule has 4 N–H and O–H groups in total. The molecule has 8 nitrogen and oxygen atoms in total. The lowest BCUT2D eigenvalue weighted by atomic mass is 9.92. The molecule has 2 heterocycles. The summed E-state index contributed by atoms with van der Waals surface area (Å²) in [4.78, 5) is 29.1. The van der Waals surface area contributed by atoms with Crippen molar-refractivity contribution in [1.29, 1.82) is 5.26 Å². The number of nitrogens with zero attached hydrogens (tertiary/aromatic N) is 1. The second kappa shape index (κ2) is 10.0. The van der Waals surface area contributed by atoms with Gasteiger partial charge in [0.1, 0.15) is 23.5 Å². The van der Waals surface area contributed by atoms with Crippen molar-refractivity contribution in [3.8, 4) is 11.8 Å². The van der Waals surface area contributed by atoms with Gasteiger partial charge in [0.25, 0.3) is 5.91 Å². The molecular weight excluding hydrogens is 406 g/mol. The number of nitriles is 1. The monoisotopic (exact) mass is 437 g/mol. The standard InChI is InChI=1S/C24H31N5O3/c1-32-22-6-2-5-19-18(22)12-21(28-19)24(31)29-20(11-15-7-8-15)23(30)27-17(13-25)10-16-4-3-9-26-14-16/h2,5-6,12,15-17,20,26,28H,3-4,7-11,14H2,1H3,(H,27,30)(H,29,31)/t16-,17+,20-/m0/s1.